The average Bonchev–Trinajstić information content (AvgIpc) is 2.71. The summed E-state index contributed by atoms with van der Waals surface area (Å²) in [7, 11) is -4.71. The fourth-order valence-electron chi connectivity index (χ4n) is 2.79. The molecule has 0 fully saturated rings. The summed E-state index contributed by atoms with van der Waals surface area (Å²) >= 11 is 0. The fraction of sp³-hybridized carbons (Fsp3) is 0.438. The van der Waals surface area contributed by atoms with Crippen LogP contribution in [-0.2, 0) is 33.9 Å². The Labute approximate surface area is 148 Å². The molecule has 1 aliphatic carbocycles. The van der Waals surface area contributed by atoms with Crippen LogP contribution in [-0.4, -0.2) is 25.1 Å². The summed E-state index contributed by atoms with van der Waals surface area (Å²) in [5.41, 5.74) is 1.70. The van der Waals surface area contributed by atoms with Crippen molar-refractivity contribution >= 4 is 32.1 Å². The topological polar surface area (TPSA) is 117 Å². The molecule has 0 aliphatic heterocycles. The number of fused-ring (bicyclic) bond motifs is 3. The van der Waals surface area contributed by atoms with Gasteiger partial charge in [0.1, 0.15) is 11.3 Å². The van der Waals surface area contributed by atoms with E-state index in [0.717, 1.165) is 48.6 Å². The third kappa shape index (κ3) is 5.65. The monoisotopic (exact) mass is 387 g/mol. The highest BCUT2D eigenvalue weighted by atomic mass is 32.2. The first-order valence-electron chi connectivity index (χ1n) is 7.73. The van der Waals surface area contributed by atoms with Crippen molar-refractivity contribution < 1.29 is 21.2 Å². The molecule has 3 rings (SSSR count). The Kier molecular flexibility index (Phi) is 6.36. The summed E-state index contributed by atoms with van der Waals surface area (Å²) < 4.78 is 41.4. The van der Waals surface area contributed by atoms with Crippen LogP contribution in [0.5, 0.6) is 5.75 Å². The fourth-order valence-corrected chi connectivity index (χ4v) is 3.16. The molecule has 1 aliphatic rings. The normalized spacial score (nSPS) is 14.4. The molecule has 2 N–H and O–H groups in total. The van der Waals surface area contributed by atoms with E-state index >= 15 is 0 Å². The molecule has 0 amide bonds. The molecule has 1 aromatic heterocycles. The largest absolute Gasteiger partial charge is 0.422 e. The van der Waals surface area contributed by atoms with Gasteiger partial charge in [-0.25, -0.2) is 4.79 Å². The zero-order valence-electron chi connectivity index (χ0n) is 14.1. The Morgan fingerprint density at radius 2 is 1.72 bits per heavy atom. The first-order valence-corrected chi connectivity index (χ1v) is 11.2. The van der Waals surface area contributed by atoms with Gasteiger partial charge in [-0.15, -0.1) is 0 Å². The number of benzene rings is 1. The van der Waals surface area contributed by atoms with Crippen molar-refractivity contribution in [2.24, 2.45) is 5.14 Å². The zero-order valence-corrected chi connectivity index (χ0v) is 15.7. The van der Waals surface area contributed by atoms with Crippen molar-refractivity contribution in [2.45, 2.75) is 32.1 Å². The summed E-state index contributed by atoms with van der Waals surface area (Å²) in [5, 5.41) is 5.66. The molecule has 0 spiro atoms. The quantitative estimate of drug-likeness (QED) is 0.618. The van der Waals surface area contributed by atoms with Crippen molar-refractivity contribution in [1.82, 2.24) is 0 Å². The Morgan fingerprint density at radius 1 is 1.12 bits per heavy atom. The van der Waals surface area contributed by atoms with Crippen molar-refractivity contribution in [1.29, 1.82) is 0 Å². The third-order valence-corrected chi connectivity index (χ3v) is 4.08. The first kappa shape index (κ1) is 19.6. The minimum absolute atomic E-state index is 0.0294. The molecule has 25 heavy (non-hydrogen) atoms. The molecular formula is C16H21NO6S2. The van der Waals surface area contributed by atoms with E-state index in [0.29, 0.717) is 5.58 Å². The van der Waals surface area contributed by atoms with Gasteiger partial charge in [-0.1, -0.05) is 6.42 Å². The van der Waals surface area contributed by atoms with Gasteiger partial charge in [0.25, 0.3) is 0 Å². The van der Waals surface area contributed by atoms with E-state index in [4.69, 9.17) is 9.56 Å². The van der Waals surface area contributed by atoms with Crippen LogP contribution in [0, 0.1) is 0 Å². The lowest BCUT2D eigenvalue weighted by Crippen LogP contribution is -2.19. The maximum Gasteiger partial charge on any atom is 0.380 e. The van der Waals surface area contributed by atoms with E-state index < -0.39 is 21.1 Å². The van der Waals surface area contributed by atoms with Gasteiger partial charge in [0.2, 0.25) is 0 Å². The van der Waals surface area contributed by atoms with Crippen LogP contribution in [0.15, 0.2) is 27.4 Å². The van der Waals surface area contributed by atoms with Crippen LogP contribution in [0.4, 0.5) is 0 Å². The number of nitrogens with two attached hydrogens (primary N) is 1. The number of aryl methyl sites for hydroxylation is 1. The van der Waals surface area contributed by atoms with Crippen LogP contribution in [0.2, 0.25) is 0 Å². The second kappa shape index (κ2) is 8.11. The van der Waals surface area contributed by atoms with Crippen molar-refractivity contribution in [2.75, 3.05) is 12.5 Å². The van der Waals surface area contributed by atoms with Crippen LogP contribution >= 0.6 is 0 Å². The van der Waals surface area contributed by atoms with Crippen molar-refractivity contribution in [3.8, 4) is 5.75 Å². The number of rotatable bonds is 2. The van der Waals surface area contributed by atoms with Gasteiger partial charge in [0.05, 0.1) is 0 Å². The molecular weight excluding hydrogens is 366 g/mol. The highest BCUT2D eigenvalue weighted by Crippen LogP contribution is 2.28. The lowest BCUT2D eigenvalue weighted by atomic mass is 10.0. The van der Waals surface area contributed by atoms with Crippen LogP contribution in [0.3, 0.4) is 0 Å². The number of hydrogen-bond donors (Lipinski definition) is 1. The Hall–Kier alpha value is -1.71. The molecule has 7 nitrogen and oxygen atoms in total. The molecule has 1 heterocycles. The molecule has 2 aromatic rings. The second-order valence-electron chi connectivity index (χ2n) is 5.88. The van der Waals surface area contributed by atoms with E-state index in [2.05, 4.69) is 4.18 Å². The lowest BCUT2D eigenvalue weighted by Gasteiger charge is -2.09. The summed E-state index contributed by atoms with van der Waals surface area (Å²) in [5.74, 6) is 0.0294. The predicted molar refractivity (Wildman–Crippen MR) is 97.5 cm³/mol. The summed E-state index contributed by atoms with van der Waals surface area (Å²) in [4.78, 5) is 12.1. The van der Waals surface area contributed by atoms with Crippen LogP contribution < -0.4 is 14.9 Å². The molecule has 0 saturated carbocycles. The second-order valence-corrected chi connectivity index (χ2v) is 8.52. The lowest BCUT2D eigenvalue weighted by molar-refractivity contribution is 0.486. The van der Waals surface area contributed by atoms with Gasteiger partial charge in [0, 0.05) is 40.3 Å². The average molecular weight is 387 g/mol. The van der Waals surface area contributed by atoms with Crippen LogP contribution in [0.1, 0.15) is 30.4 Å². The van der Waals surface area contributed by atoms with E-state index in [9.17, 15) is 17.4 Å². The standard InChI is InChI=1S/C14H15NO5S.C2H6OS/c15-21(17,18)20-9-6-7-11-10-4-2-1-3-5-12(10)14(16)19-13(11)8-9;1-4(2)3/h6-8H,1-5H2,(H2,15,17,18);1-2H3. The van der Waals surface area contributed by atoms with Gasteiger partial charge in [-0.05, 0) is 43.4 Å². The maximum absolute atomic E-state index is 12.1. The Morgan fingerprint density at radius 3 is 2.32 bits per heavy atom. The first-order chi connectivity index (χ1) is 11.7. The van der Waals surface area contributed by atoms with Gasteiger partial charge in [-0.3, -0.25) is 4.21 Å². The summed E-state index contributed by atoms with van der Waals surface area (Å²) in [6, 6.07) is 4.60. The van der Waals surface area contributed by atoms with Gasteiger partial charge in [-0.2, -0.15) is 13.6 Å². The highest BCUT2D eigenvalue weighted by Gasteiger charge is 2.17. The van der Waals surface area contributed by atoms with Gasteiger partial charge < -0.3 is 8.60 Å². The molecule has 0 atom stereocenters. The minimum atomic E-state index is -4.10. The summed E-state index contributed by atoms with van der Waals surface area (Å²) in [6.45, 7) is 0. The SMILES string of the molecule is CS(C)=O.NS(=O)(=O)Oc1ccc2c3c(c(=O)oc2c1)CCCCC3. The minimum Gasteiger partial charge on any atom is -0.422 e. The molecule has 0 saturated heterocycles. The van der Waals surface area contributed by atoms with E-state index in [1.165, 1.54) is 12.1 Å². The van der Waals surface area contributed by atoms with Gasteiger partial charge >= 0.3 is 15.9 Å². The van der Waals surface area contributed by atoms with E-state index in [1.54, 1.807) is 18.6 Å². The molecule has 0 radical (unpaired) electrons. The smallest absolute Gasteiger partial charge is 0.380 e. The summed E-state index contributed by atoms with van der Waals surface area (Å²) in [6.07, 6.45) is 7.93. The third-order valence-electron chi connectivity index (χ3n) is 3.66. The van der Waals surface area contributed by atoms with Crippen LogP contribution in [0.25, 0.3) is 11.0 Å². The Bertz CT molecular complexity index is 945. The zero-order chi connectivity index (χ0) is 18.6. The maximum atomic E-state index is 12.1. The molecule has 138 valence electrons. The predicted octanol–water partition coefficient (Wildman–Crippen LogP) is 1.64. The van der Waals surface area contributed by atoms with Gasteiger partial charge in [0.15, 0.2) is 0 Å². The molecule has 0 bridgehead atoms. The number of hydrogen-bond acceptors (Lipinski definition) is 6. The highest BCUT2D eigenvalue weighted by molar-refractivity contribution is 7.84. The van der Waals surface area contributed by atoms with Crippen molar-refractivity contribution in [3.63, 3.8) is 0 Å². The van der Waals surface area contributed by atoms with E-state index in [-0.39, 0.29) is 11.4 Å². The Balaban J connectivity index is 0.000000511. The van der Waals surface area contributed by atoms with Crippen molar-refractivity contribution in [3.05, 3.63) is 39.7 Å². The molecule has 9 heteroatoms. The molecule has 1 aromatic carbocycles. The van der Waals surface area contributed by atoms with E-state index in [1.807, 2.05) is 0 Å². The molecule has 0 unspecified atom stereocenters.